The molecule has 3 aliphatic rings. The topological polar surface area (TPSA) is 96.0 Å². The van der Waals surface area contributed by atoms with Gasteiger partial charge in [0.05, 0.1) is 0 Å². The van der Waals surface area contributed by atoms with Gasteiger partial charge in [-0.1, -0.05) is 38.0 Å². The molecule has 0 bridgehead atoms. The molecule has 160 valence electrons. The summed E-state index contributed by atoms with van der Waals surface area (Å²) in [5.41, 5.74) is 0.986. The van der Waals surface area contributed by atoms with E-state index in [1.165, 1.54) is 6.92 Å². The number of carbonyl (C=O) groups is 4. The van der Waals surface area contributed by atoms with E-state index in [1.807, 2.05) is 31.2 Å². The molecule has 1 spiro atoms. The van der Waals surface area contributed by atoms with Crippen LogP contribution in [0.1, 0.15) is 45.1 Å². The molecule has 1 N–H and O–H groups in total. The lowest BCUT2D eigenvalue weighted by atomic mass is 9.73. The SMILES string of the molecule is C[C@H](OC(=O)CN1C(=O)N[C@]2(CCCC[C@H]2C)C1=O)C(=O)N1CCc2ccccc21. The highest BCUT2D eigenvalue weighted by atomic mass is 16.5. The van der Waals surface area contributed by atoms with E-state index >= 15 is 0 Å². The molecule has 4 amide bonds. The van der Waals surface area contributed by atoms with Gasteiger partial charge in [-0.15, -0.1) is 0 Å². The standard InChI is InChI=1S/C22H27N3O5/c1-14-7-5-6-11-22(14)20(28)25(21(29)23-22)13-18(26)30-15(2)19(27)24-12-10-16-8-3-4-9-17(16)24/h3-4,8-9,14-15H,5-7,10-13H2,1-2H3,(H,23,29)/t14-,15+,22+/m1/s1. The minimum absolute atomic E-state index is 0.0134. The first kappa shape index (κ1) is 20.4. The number of imide groups is 1. The van der Waals surface area contributed by atoms with Gasteiger partial charge in [0.15, 0.2) is 6.10 Å². The molecule has 8 nitrogen and oxygen atoms in total. The first-order chi connectivity index (χ1) is 14.3. The number of carbonyl (C=O) groups excluding carboxylic acids is 4. The number of rotatable bonds is 4. The maximum absolute atomic E-state index is 13.0. The molecule has 30 heavy (non-hydrogen) atoms. The van der Waals surface area contributed by atoms with E-state index < -0.39 is 30.2 Å². The summed E-state index contributed by atoms with van der Waals surface area (Å²) < 4.78 is 5.30. The number of nitrogens with zero attached hydrogens (tertiary/aromatic N) is 2. The van der Waals surface area contributed by atoms with Gasteiger partial charge in [0.25, 0.3) is 11.8 Å². The highest BCUT2D eigenvalue weighted by Crippen LogP contribution is 2.38. The minimum atomic E-state index is -1.01. The van der Waals surface area contributed by atoms with Crippen LogP contribution in [0.15, 0.2) is 24.3 Å². The fourth-order valence-electron chi connectivity index (χ4n) is 4.84. The first-order valence-corrected chi connectivity index (χ1v) is 10.6. The molecule has 0 radical (unpaired) electrons. The number of para-hydroxylation sites is 1. The quantitative estimate of drug-likeness (QED) is 0.602. The lowest BCUT2D eigenvalue weighted by Crippen LogP contribution is -2.54. The van der Waals surface area contributed by atoms with Gasteiger partial charge in [-0.05, 0) is 43.7 Å². The predicted molar refractivity (Wildman–Crippen MR) is 109 cm³/mol. The Bertz CT molecular complexity index is 901. The second-order valence-electron chi connectivity index (χ2n) is 8.44. The summed E-state index contributed by atoms with van der Waals surface area (Å²) in [6.07, 6.45) is 3.06. The molecule has 1 aromatic rings. The van der Waals surface area contributed by atoms with Crippen molar-refractivity contribution >= 4 is 29.5 Å². The summed E-state index contributed by atoms with van der Waals surface area (Å²) in [4.78, 5) is 53.1. The third-order valence-corrected chi connectivity index (χ3v) is 6.60. The average molecular weight is 413 g/mol. The summed E-state index contributed by atoms with van der Waals surface area (Å²) in [6.45, 7) is 3.51. The van der Waals surface area contributed by atoms with E-state index in [0.717, 1.165) is 41.8 Å². The van der Waals surface area contributed by atoms with Crippen molar-refractivity contribution in [2.75, 3.05) is 18.0 Å². The third-order valence-electron chi connectivity index (χ3n) is 6.60. The van der Waals surface area contributed by atoms with E-state index in [4.69, 9.17) is 4.74 Å². The van der Waals surface area contributed by atoms with Crippen LogP contribution in [0.2, 0.25) is 0 Å². The lowest BCUT2D eigenvalue weighted by molar-refractivity contribution is -0.156. The third kappa shape index (κ3) is 3.34. The fraction of sp³-hybridized carbons (Fsp3) is 0.545. The zero-order chi connectivity index (χ0) is 21.5. The molecule has 1 aromatic carbocycles. The summed E-state index contributed by atoms with van der Waals surface area (Å²) in [6, 6.07) is 7.05. The molecule has 8 heteroatoms. The van der Waals surface area contributed by atoms with Crippen LogP contribution in [-0.2, 0) is 25.5 Å². The number of anilines is 1. The van der Waals surface area contributed by atoms with Crippen molar-refractivity contribution in [3.05, 3.63) is 29.8 Å². The van der Waals surface area contributed by atoms with Gasteiger partial charge in [0.1, 0.15) is 12.1 Å². The van der Waals surface area contributed by atoms with Crippen LogP contribution in [0.3, 0.4) is 0 Å². The molecule has 1 saturated carbocycles. The zero-order valence-corrected chi connectivity index (χ0v) is 17.3. The van der Waals surface area contributed by atoms with Crippen molar-refractivity contribution in [3.8, 4) is 0 Å². The van der Waals surface area contributed by atoms with Crippen molar-refractivity contribution in [3.63, 3.8) is 0 Å². The van der Waals surface area contributed by atoms with Crippen LogP contribution < -0.4 is 10.2 Å². The second kappa shape index (κ2) is 7.74. The largest absolute Gasteiger partial charge is 0.451 e. The number of hydrogen-bond donors (Lipinski definition) is 1. The first-order valence-electron chi connectivity index (χ1n) is 10.6. The predicted octanol–water partition coefficient (Wildman–Crippen LogP) is 2.01. The van der Waals surface area contributed by atoms with Gasteiger partial charge in [0.2, 0.25) is 0 Å². The summed E-state index contributed by atoms with van der Waals surface area (Å²) in [5.74, 6) is -1.45. The molecule has 1 aliphatic carbocycles. The maximum atomic E-state index is 13.0. The highest BCUT2D eigenvalue weighted by Gasteiger charge is 2.55. The number of ether oxygens (including phenoxy) is 1. The Morgan fingerprint density at radius 1 is 1.27 bits per heavy atom. The Morgan fingerprint density at radius 2 is 2.03 bits per heavy atom. The molecular formula is C22H27N3O5. The average Bonchev–Trinajstić information content (AvgIpc) is 3.25. The Morgan fingerprint density at radius 3 is 2.80 bits per heavy atom. The van der Waals surface area contributed by atoms with Crippen LogP contribution in [0.25, 0.3) is 0 Å². The van der Waals surface area contributed by atoms with Gasteiger partial charge >= 0.3 is 12.0 Å². The monoisotopic (exact) mass is 413 g/mol. The highest BCUT2D eigenvalue weighted by molar-refractivity contribution is 6.09. The molecule has 1 saturated heterocycles. The van der Waals surface area contributed by atoms with Crippen molar-refractivity contribution in [2.45, 2.75) is 57.6 Å². The van der Waals surface area contributed by atoms with Crippen molar-refractivity contribution in [2.24, 2.45) is 5.92 Å². The van der Waals surface area contributed by atoms with Gasteiger partial charge < -0.3 is 15.0 Å². The molecule has 3 atom stereocenters. The molecule has 4 rings (SSSR count). The van der Waals surface area contributed by atoms with E-state index in [2.05, 4.69) is 5.32 Å². The van der Waals surface area contributed by atoms with Gasteiger partial charge in [-0.2, -0.15) is 0 Å². The number of amides is 4. The number of esters is 1. The van der Waals surface area contributed by atoms with Crippen LogP contribution in [0.4, 0.5) is 10.5 Å². The number of hydrogen-bond acceptors (Lipinski definition) is 5. The Balaban J connectivity index is 1.38. The van der Waals surface area contributed by atoms with Gasteiger partial charge in [-0.3, -0.25) is 19.3 Å². The van der Waals surface area contributed by atoms with Crippen LogP contribution >= 0.6 is 0 Å². The van der Waals surface area contributed by atoms with Crippen LogP contribution in [0.5, 0.6) is 0 Å². The van der Waals surface area contributed by atoms with Crippen LogP contribution in [-0.4, -0.2) is 53.4 Å². The summed E-state index contributed by atoms with van der Waals surface area (Å²) in [7, 11) is 0. The number of benzene rings is 1. The van der Waals surface area contributed by atoms with Crippen molar-refractivity contribution < 1.29 is 23.9 Å². The van der Waals surface area contributed by atoms with Crippen LogP contribution in [0, 0.1) is 5.92 Å². The maximum Gasteiger partial charge on any atom is 0.327 e. The van der Waals surface area contributed by atoms with E-state index in [-0.39, 0.29) is 17.7 Å². The minimum Gasteiger partial charge on any atom is -0.451 e. The summed E-state index contributed by atoms with van der Waals surface area (Å²) >= 11 is 0. The Labute approximate surface area is 175 Å². The molecular weight excluding hydrogens is 386 g/mol. The van der Waals surface area contributed by atoms with E-state index in [0.29, 0.717) is 13.0 Å². The van der Waals surface area contributed by atoms with Crippen molar-refractivity contribution in [1.29, 1.82) is 0 Å². The Hall–Kier alpha value is -2.90. The second-order valence-corrected chi connectivity index (χ2v) is 8.44. The van der Waals surface area contributed by atoms with E-state index in [9.17, 15) is 19.2 Å². The fourth-order valence-corrected chi connectivity index (χ4v) is 4.84. The van der Waals surface area contributed by atoms with Gasteiger partial charge in [-0.25, -0.2) is 4.79 Å². The van der Waals surface area contributed by atoms with Crippen molar-refractivity contribution in [1.82, 2.24) is 10.2 Å². The zero-order valence-electron chi connectivity index (χ0n) is 17.3. The number of nitrogens with one attached hydrogen (secondary N) is 1. The molecule has 0 aromatic heterocycles. The summed E-state index contributed by atoms with van der Waals surface area (Å²) in [5, 5.41) is 2.81. The number of fused-ring (bicyclic) bond motifs is 1. The smallest absolute Gasteiger partial charge is 0.327 e. The normalized spacial score (nSPS) is 26.5. The molecule has 2 aliphatic heterocycles. The van der Waals surface area contributed by atoms with Gasteiger partial charge in [0, 0.05) is 12.2 Å². The molecule has 2 heterocycles. The Kier molecular flexibility index (Phi) is 5.26. The molecule has 0 unspecified atom stereocenters. The molecule has 2 fully saturated rings. The lowest BCUT2D eigenvalue weighted by Gasteiger charge is -2.36. The number of urea groups is 1. The van der Waals surface area contributed by atoms with E-state index in [1.54, 1.807) is 4.90 Å².